The number of carboxylic acids is 1. The first kappa shape index (κ1) is 14.8. The molecule has 4 rings (SSSR count). The Kier molecular flexibility index (Phi) is 3.27. The van der Waals surface area contributed by atoms with Gasteiger partial charge < -0.3 is 9.52 Å². The van der Waals surface area contributed by atoms with Gasteiger partial charge >= 0.3 is 5.97 Å². The fourth-order valence-electron chi connectivity index (χ4n) is 4.52. The number of aryl methyl sites for hydroxylation is 2. The first-order chi connectivity index (χ1) is 11.0. The van der Waals surface area contributed by atoms with Crippen LogP contribution in [-0.4, -0.2) is 29.1 Å². The summed E-state index contributed by atoms with van der Waals surface area (Å²) in [6.45, 7) is 6.44. The van der Waals surface area contributed by atoms with Gasteiger partial charge in [0.05, 0.1) is 12.0 Å². The third-order valence-corrected chi connectivity index (χ3v) is 5.93. The van der Waals surface area contributed by atoms with Gasteiger partial charge in [-0.2, -0.15) is 0 Å². The first-order valence-electron chi connectivity index (χ1n) is 8.43. The predicted octanol–water partition coefficient (Wildman–Crippen LogP) is 3.74. The molecule has 23 heavy (non-hydrogen) atoms. The van der Waals surface area contributed by atoms with Crippen molar-refractivity contribution in [2.24, 2.45) is 11.3 Å². The van der Waals surface area contributed by atoms with Crippen molar-refractivity contribution in [3.63, 3.8) is 0 Å². The van der Waals surface area contributed by atoms with Crippen LogP contribution in [0.15, 0.2) is 22.6 Å². The van der Waals surface area contributed by atoms with Crippen LogP contribution < -0.4 is 0 Å². The molecule has 1 saturated heterocycles. The summed E-state index contributed by atoms with van der Waals surface area (Å²) in [5, 5.41) is 10.8. The van der Waals surface area contributed by atoms with E-state index in [1.807, 2.05) is 0 Å². The fourth-order valence-corrected chi connectivity index (χ4v) is 4.52. The summed E-state index contributed by atoms with van der Waals surface area (Å²) in [5.41, 5.74) is 2.92. The van der Waals surface area contributed by atoms with E-state index in [-0.39, 0.29) is 0 Å². The second-order valence-electron chi connectivity index (χ2n) is 7.41. The van der Waals surface area contributed by atoms with E-state index >= 15 is 0 Å². The van der Waals surface area contributed by atoms with Crippen LogP contribution in [0.2, 0.25) is 0 Å². The number of benzene rings is 1. The van der Waals surface area contributed by atoms with Gasteiger partial charge in [0.1, 0.15) is 11.3 Å². The number of carbonyl (C=O) groups is 1. The van der Waals surface area contributed by atoms with Crippen LogP contribution in [-0.2, 0) is 11.3 Å². The van der Waals surface area contributed by atoms with Crippen molar-refractivity contribution in [3.05, 3.63) is 35.1 Å². The Balaban J connectivity index is 1.56. The number of aliphatic carboxylic acids is 1. The topological polar surface area (TPSA) is 53.7 Å². The molecule has 1 aliphatic heterocycles. The zero-order valence-corrected chi connectivity index (χ0v) is 13.8. The zero-order valence-electron chi connectivity index (χ0n) is 13.8. The van der Waals surface area contributed by atoms with Gasteiger partial charge in [-0.1, -0.05) is 6.42 Å². The molecule has 4 nitrogen and oxygen atoms in total. The van der Waals surface area contributed by atoms with Gasteiger partial charge in [-0.15, -0.1) is 0 Å². The van der Waals surface area contributed by atoms with Crippen LogP contribution in [0, 0.1) is 25.2 Å². The molecule has 0 spiro atoms. The predicted molar refractivity (Wildman–Crippen MR) is 88.4 cm³/mol. The summed E-state index contributed by atoms with van der Waals surface area (Å²) >= 11 is 0. The Morgan fingerprint density at radius 3 is 2.87 bits per heavy atom. The number of rotatable bonds is 3. The normalized spacial score (nSPS) is 27.7. The number of likely N-dealkylation sites (tertiary alicyclic amines) is 1. The van der Waals surface area contributed by atoms with E-state index in [4.69, 9.17) is 4.42 Å². The van der Waals surface area contributed by atoms with Crippen molar-refractivity contribution in [2.45, 2.75) is 39.7 Å². The molecule has 4 heteroatoms. The zero-order chi connectivity index (χ0) is 16.2. The van der Waals surface area contributed by atoms with Gasteiger partial charge in [-0.25, -0.2) is 0 Å². The minimum Gasteiger partial charge on any atom is -0.481 e. The van der Waals surface area contributed by atoms with Crippen molar-refractivity contribution < 1.29 is 14.3 Å². The van der Waals surface area contributed by atoms with Crippen molar-refractivity contribution in [1.29, 1.82) is 0 Å². The molecular formula is C19H23NO3. The van der Waals surface area contributed by atoms with Crippen LogP contribution >= 0.6 is 0 Å². The summed E-state index contributed by atoms with van der Waals surface area (Å²) in [6, 6.07) is 6.35. The van der Waals surface area contributed by atoms with Crippen LogP contribution in [0.3, 0.4) is 0 Å². The largest absolute Gasteiger partial charge is 0.481 e. The van der Waals surface area contributed by atoms with Gasteiger partial charge in [0.15, 0.2) is 0 Å². The van der Waals surface area contributed by atoms with E-state index < -0.39 is 11.4 Å². The summed E-state index contributed by atoms with van der Waals surface area (Å²) < 4.78 is 5.99. The average molecular weight is 313 g/mol. The molecule has 0 radical (unpaired) electrons. The quantitative estimate of drug-likeness (QED) is 0.938. The van der Waals surface area contributed by atoms with Gasteiger partial charge in [0.25, 0.3) is 0 Å². The number of hydrogen-bond acceptors (Lipinski definition) is 3. The highest BCUT2D eigenvalue weighted by Crippen LogP contribution is 2.49. The molecule has 2 atom stereocenters. The highest BCUT2D eigenvalue weighted by atomic mass is 16.4. The lowest BCUT2D eigenvalue weighted by atomic mass is 9.81. The van der Waals surface area contributed by atoms with Crippen LogP contribution in [0.5, 0.6) is 0 Å². The molecule has 1 aromatic heterocycles. The third kappa shape index (κ3) is 2.27. The van der Waals surface area contributed by atoms with Gasteiger partial charge in [0, 0.05) is 18.5 Å². The molecule has 122 valence electrons. The minimum absolute atomic E-state index is 0.300. The van der Waals surface area contributed by atoms with E-state index in [1.54, 1.807) is 0 Å². The standard InChI is InChI=1S/C19H23NO3/c1-12-6-14-8-16(23-17(14)7-13(12)2)10-20-9-15-4-3-5-19(15,11-20)18(21)22/h6-8,15H,3-5,9-11H2,1-2H3,(H,21,22)/t15-,19+/m0/s1. The molecule has 1 saturated carbocycles. The lowest BCUT2D eigenvalue weighted by molar-refractivity contribution is -0.149. The Bertz CT molecular complexity index is 739. The summed E-state index contributed by atoms with van der Waals surface area (Å²) in [7, 11) is 0. The Morgan fingerprint density at radius 2 is 2.13 bits per heavy atom. The molecule has 2 heterocycles. The van der Waals surface area contributed by atoms with E-state index in [1.165, 1.54) is 11.1 Å². The highest BCUT2D eigenvalue weighted by molar-refractivity contribution is 5.80. The smallest absolute Gasteiger partial charge is 0.311 e. The molecule has 2 fully saturated rings. The molecule has 1 aliphatic carbocycles. The Hall–Kier alpha value is -1.81. The minimum atomic E-state index is -0.613. The van der Waals surface area contributed by atoms with Gasteiger partial charge in [-0.05, 0) is 61.9 Å². The van der Waals surface area contributed by atoms with E-state index in [2.05, 4.69) is 36.9 Å². The number of nitrogens with zero attached hydrogens (tertiary/aromatic N) is 1. The lowest BCUT2D eigenvalue weighted by Crippen LogP contribution is -2.35. The molecule has 0 unspecified atom stereocenters. The number of furan rings is 1. The summed E-state index contributed by atoms with van der Waals surface area (Å²) in [5.74, 6) is 0.623. The van der Waals surface area contributed by atoms with Gasteiger partial charge in [-0.3, -0.25) is 9.69 Å². The monoisotopic (exact) mass is 313 g/mol. The maximum Gasteiger partial charge on any atom is 0.311 e. The SMILES string of the molecule is Cc1cc2cc(CN3C[C@@H]4CCC[C@@]4(C(=O)O)C3)oc2cc1C. The molecule has 2 aliphatic rings. The van der Waals surface area contributed by atoms with Crippen LogP contribution in [0.1, 0.15) is 36.1 Å². The summed E-state index contributed by atoms with van der Waals surface area (Å²) in [4.78, 5) is 14.0. The number of hydrogen-bond donors (Lipinski definition) is 1. The molecule has 1 N–H and O–H groups in total. The number of carboxylic acid groups (broad SMARTS) is 1. The molecule has 2 aromatic rings. The molecule has 0 bridgehead atoms. The van der Waals surface area contributed by atoms with E-state index in [0.29, 0.717) is 19.0 Å². The van der Waals surface area contributed by atoms with Crippen molar-refractivity contribution >= 4 is 16.9 Å². The fraction of sp³-hybridized carbons (Fsp3) is 0.526. The first-order valence-corrected chi connectivity index (χ1v) is 8.43. The molecule has 0 amide bonds. The maximum atomic E-state index is 11.8. The second-order valence-corrected chi connectivity index (χ2v) is 7.41. The van der Waals surface area contributed by atoms with Gasteiger partial charge in [0.2, 0.25) is 0 Å². The van der Waals surface area contributed by atoms with E-state index in [0.717, 1.165) is 42.5 Å². The Labute approximate surface area is 136 Å². The highest BCUT2D eigenvalue weighted by Gasteiger charge is 2.54. The Morgan fingerprint density at radius 1 is 1.35 bits per heavy atom. The lowest BCUT2D eigenvalue weighted by Gasteiger charge is -2.23. The van der Waals surface area contributed by atoms with Crippen molar-refractivity contribution in [2.75, 3.05) is 13.1 Å². The van der Waals surface area contributed by atoms with Crippen LogP contribution in [0.25, 0.3) is 11.0 Å². The third-order valence-electron chi connectivity index (χ3n) is 5.93. The maximum absolute atomic E-state index is 11.8. The van der Waals surface area contributed by atoms with Crippen molar-refractivity contribution in [1.82, 2.24) is 4.90 Å². The molecule has 1 aromatic carbocycles. The van der Waals surface area contributed by atoms with Crippen molar-refractivity contribution in [3.8, 4) is 0 Å². The summed E-state index contributed by atoms with van der Waals surface area (Å²) in [6.07, 6.45) is 2.91. The molecular weight excluding hydrogens is 290 g/mol. The van der Waals surface area contributed by atoms with E-state index in [9.17, 15) is 9.90 Å². The van der Waals surface area contributed by atoms with Crippen LogP contribution in [0.4, 0.5) is 0 Å². The number of fused-ring (bicyclic) bond motifs is 2. The average Bonchev–Trinajstić information content (AvgIpc) is 3.12. The second kappa shape index (κ2) is 5.10.